The lowest BCUT2D eigenvalue weighted by atomic mass is 9.45. The van der Waals surface area contributed by atoms with Gasteiger partial charge in [-0.2, -0.15) is 0 Å². The van der Waals surface area contributed by atoms with E-state index in [0.29, 0.717) is 37.1 Å². The average Bonchev–Trinajstić information content (AvgIpc) is 3.37. The number of ketones is 2. The Morgan fingerprint density at radius 1 is 1.00 bits per heavy atom. The second-order valence-electron chi connectivity index (χ2n) is 10.5. The Hall–Kier alpha value is -1.08. The Labute approximate surface area is 171 Å². The zero-order valence-electron chi connectivity index (χ0n) is 17.3. The maximum atomic E-state index is 13.8. The predicted molar refractivity (Wildman–Crippen MR) is 102 cm³/mol. The van der Waals surface area contributed by atoms with Crippen LogP contribution in [-0.4, -0.2) is 43.1 Å². The van der Waals surface area contributed by atoms with Crippen LogP contribution >= 0.6 is 0 Å². The lowest BCUT2D eigenvalue weighted by molar-refractivity contribution is -0.246. The van der Waals surface area contributed by atoms with Gasteiger partial charge in [-0.15, -0.1) is 0 Å². The summed E-state index contributed by atoms with van der Waals surface area (Å²) in [5.41, 5.74) is 0.103. The smallest absolute Gasteiger partial charge is 0.226 e. The van der Waals surface area contributed by atoms with Gasteiger partial charge in [-0.1, -0.05) is 19.4 Å². The van der Waals surface area contributed by atoms with Crippen molar-refractivity contribution in [2.45, 2.75) is 70.2 Å². The first-order valence-corrected chi connectivity index (χ1v) is 11.1. The first kappa shape index (κ1) is 18.7. The molecule has 0 aromatic heterocycles. The molecule has 29 heavy (non-hydrogen) atoms. The number of rotatable bonds is 0. The Kier molecular flexibility index (Phi) is 3.72. The van der Waals surface area contributed by atoms with E-state index in [2.05, 4.69) is 13.8 Å². The fraction of sp³-hybridized carbons (Fsp3) is 0.826. The van der Waals surface area contributed by atoms with Crippen molar-refractivity contribution < 1.29 is 28.5 Å². The standard InChI is InChI=1S/C23H30O6/c1-20-7-5-15(24)9-14(20)3-4-16-17-6-8-22(21(17,2)10-18(25)19(16)20)23(29-13-27-22)11-26-12-28-23/h9,16-17,19H,3-8,10-13H2,1-2H3/t16-,17+,19+,20+,21+,22-,23-/m1/s1. The van der Waals surface area contributed by atoms with Crippen molar-refractivity contribution >= 4 is 11.6 Å². The molecule has 3 saturated carbocycles. The molecule has 0 aromatic carbocycles. The van der Waals surface area contributed by atoms with Gasteiger partial charge < -0.3 is 18.9 Å². The first-order chi connectivity index (χ1) is 13.9. The summed E-state index contributed by atoms with van der Waals surface area (Å²) < 4.78 is 24.0. The van der Waals surface area contributed by atoms with Gasteiger partial charge in [0.2, 0.25) is 5.79 Å². The van der Waals surface area contributed by atoms with E-state index in [1.54, 1.807) is 0 Å². The number of carbonyl (C=O) groups excluding carboxylic acids is 2. The molecule has 6 aliphatic rings. The number of hydrogen-bond acceptors (Lipinski definition) is 6. The highest BCUT2D eigenvalue weighted by Gasteiger charge is 2.76. The largest absolute Gasteiger partial charge is 0.350 e. The molecule has 2 saturated heterocycles. The van der Waals surface area contributed by atoms with E-state index in [0.717, 1.165) is 32.1 Å². The maximum Gasteiger partial charge on any atom is 0.226 e. The van der Waals surface area contributed by atoms with Gasteiger partial charge in [0.25, 0.3) is 0 Å². The Balaban J connectivity index is 1.42. The molecule has 4 aliphatic carbocycles. The molecule has 6 nitrogen and oxygen atoms in total. The molecular formula is C23H30O6. The number of carbonyl (C=O) groups is 2. The van der Waals surface area contributed by atoms with Crippen molar-refractivity contribution in [3.05, 3.63) is 11.6 Å². The van der Waals surface area contributed by atoms with Crippen molar-refractivity contribution in [1.29, 1.82) is 0 Å². The number of Topliss-reactive ketones (excluding diaryl/α,β-unsaturated/α-hetero) is 1. The van der Waals surface area contributed by atoms with E-state index in [4.69, 9.17) is 18.9 Å². The van der Waals surface area contributed by atoms with Crippen molar-refractivity contribution in [2.75, 3.05) is 20.2 Å². The fourth-order valence-corrected chi connectivity index (χ4v) is 8.36. The van der Waals surface area contributed by atoms with Crippen molar-refractivity contribution in [1.82, 2.24) is 0 Å². The molecule has 6 heteroatoms. The lowest BCUT2D eigenvalue weighted by Crippen LogP contribution is -2.65. The molecule has 2 aliphatic heterocycles. The molecule has 158 valence electrons. The third-order valence-corrected chi connectivity index (χ3v) is 9.65. The zero-order valence-corrected chi connectivity index (χ0v) is 17.3. The molecule has 7 atom stereocenters. The van der Waals surface area contributed by atoms with Gasteiger partial charge in [-0.05, 0) is 55.4 Å². The monoisotopic (exact) mass is 402 g/mol. The Bertz CT molecular complexity index is 807. The number of fused-ring (bicyclic) bond motifs is 7. The summed E-state index contributed by atoms with van der Waals surface area (Å²) in [7, 11) is 0. The molecule has 0 bridgehead atoms. The van der Waals surface area contributed by atoms with Crippen LogP contribution in [0.4, 0.5) is 0 Å². The zero-order chi connectivity index (χ0) is 20.1. The third-order valence-electron chi connectivity index (χ3n) is 9.65. The van der Waals surface area contributed by atoms with Gasteiger partial charge in [0.1, 0.15) is 18.0 Å². The van der Waals surface area contributed by atoms with Crippen LogP contribution < -0.4 is 0 Å². The van der Waals surface area contributed by atoms with Crippen molar-refractivity contribution in [2.24, 2.45) is 28.6 Å². The highest BCUT2D eigenvalue weighted by Crippen LogP contribution is 2.70. The Morgan fingerprint density at radius 3 is 2.62 bits per heavy atom. The number of ether oxygens (including phenoxy) is 4. The fourth-order valence-electron chi connectivity index (χ4n) is 8.36. The molecular weight excluding hydrogens is 372 g/mol. The summed E-state index contributed by atoms with van der Waals surface area (Å²) in [6.07, 6.45) is 7.48. The SMILES string of the molecule is C[C@]12CCC(=O)C=C1CC[C@H]1[C@H]2C(=O)C[C@@]2(C)[C@H]1CC[C@@]21OCO[C@]12COCO2. The average molecular weight is 402 g/mol. The summed E-state index contributed by atoms with van der Waals surface area (Å²) in [4.78, 5) is 25.8. The summed E-state index contributed by atoms with van der Waals surface area (Å²) in [5.74, 6) is 0.416. The van der Waals surface area contributed by atoms with Crippen LogP contribution in [0, 0.1) is 28.6 Å². The summed E-state index contributed by atoms with van der Waals surface area (Å²) in [6, 6.07) is 0. The molecule has 2 spiro atoms. The van der Waals surface area contributed by atoms with E-state index in [1.165, 1.54) is 5.57 Å². The van der Waals surface area contributed by atoms with Gasteiger partial charge in [0.05, 0.1) is 0 Å². The molecule has 6 rings (SSSR count). The van der Waals surface area contributed by atoms with E-state index in [9.17, 15) is 9.59 Å². The molecule has 0 N–H and O–H groups in total. The quantitative estimate of drug-likeness (QED) is 0.620. The minimum absolute atomic E-state index is 0.0165. The van der Waals surface area contributed by atoms with E-state index in [-0.39, 0.29) is 36.1 Å². The summed E-state index contributed by atoms with van der Waals surface area (Å²) in [5, 5.41) is 0. The number of hydrogen-bond donors (Lipinski definition) is 0. The normalized spacial score (nSPS) is 53.9. The minimum Gasteiger partial charge on any atom is -0.350 e. The van der Waals surface area contributed by atoms with Gasteiger partial charge in [-0.3, -0.25) is 9.59 Å². The molecule has 0 radical (unpaired) electrons. The molecule has 5 fully saturated rings. The molecule has 0 unspecified atom stereocenters. The first-order valence-electron chi connectivity index (χ1n) is 11.1. The second kappa shape index (κ2) is 5.78. The summed E-state index contributed by atoms with van der Waals surface area (Å²) >= 11 is 0. The molecule has 0 amide bonds. The van der Waals surface area contributed by atoms with E-state index in [1.807, 2.05) is 6.08 Å². The summed E-state index contributed by atoms with van der Waals surface area (Å²) in [6.45, 7) is 5.24. The van der Waals surface area contributed by atoms with E-state index < -0.39 is 11.4 Å². The van der Waals surface area contributed by atoms with Crippen molar-refractivity contribution in [3.63, 3.8) is 0 Å². The second-order valence-corrected chi connectivity index (χ2v) is 10.5. The van der Waals surface area contributed by atoms with Crippen LogP contribution in [0.15, 0.2) is 11.6 Å². The predicted octanol–water partition coefficient (Wildman–Crippen LogP) is 3.14. The van der Waals surface area contributed by atoms with Gasteiger partial charge in [0, 0.05) is 24.2 Å². The van der Waals surface area contributed by atoms with Crippen LogP contribution in [0.3, 0.4) is 0 Å². The highest BCUT2D eigenvalue weighted by molar-refractivity contribution is 5.93. The van der Waals surface area contributed by atoms with Crippen LogP contribution in [0.2, 0.25) is 0 Å². The molecule has 2 heterocycles. The maximum absolute atomic E-state index is 13.8. The van der Waals surface area contributed by atoms with Crippen LogP contribution in [0.25, 0.3) is 0 Å². The lowest BCUT2D eigenvalue weighted by Gasteiger charge is -2.59. The van der Waals surface area contributed by atoms with Crippen LogP contribution in [-0.2, 0) is 28.5 Å². The van der Waals surface area contributed by atoms with Gasteiger partial charge >= 0.3 is 0 Å². The molecule has 0 aromatic rings. The van der Waals surface area contributed by atoms with Crippen LogP contribution in [0.1, 0.15) is 58.8 Å². The third kappa shape index (κ3) is 2.07. The minimum atomic E-state index is -0.884. The number of allylic oxidation sites excluding steroid dienone is 1. The Morgan fingerprint density at radius 2 is 1.83 bits per heavy atom. The van der Waals surface area contributed by atoms with Crippen molar-refractivity contribution in [3.8, 4) is 0 Å². The van der Waals surface area contributed by atoms with E-state index >= 15 is 0 Å². The topological polar surface area (TPSA) is 71.1 Å². The van der Waals surface area contributed by atoms with Crippen LogP contribution in [0.5, 0.6) is 0 Å². The van der Waals surface area contributed by atoms with Gasteiger partial charge in [-0.25, -0.2) is 0 Å². The van der Waals surface area contributed by atoms with Gasteiger partial charge in [0.15, 0.2) is 19.4 Å². The highest BCUT2D eigenvalue weighted by atomic mass is 16.9.